The van der Waals surface area contributed by atoms with Gasteiger partial charge in [-0.2, -0.15) is 0 Å². The van der Waals surface area contributed by atoms with E-state index in [1.807, 2.05) is 66.7 Å². The lowest BCUT2D eigenvalue weighted by Crippen LogP contribution is -1.93. The molecule has 0 saturated carbocycles. The Bertz CT molecular complexity index is 754. The van der Waals surface area contributed by atoms with Gasteiger partial charge >= 0.3 is 0 Å². The van der Waals surface area contributed by atoms with Crippen LogP contribution in [0.15, 0.2) is 72.8 Å². The normalized spacial score (nSPS) is 10.3. The number of ether oxygens (including phenoxy) is 1. The number of hydrogen-bond donors (Lipinski definition) is 2. The molecular formula is C18H16N2O. The van der Waals surface area contributed by atoms with Crippen molar-refractivity contribution in [3.8, 4) is 22.6 Å². The molecule has 3 nitrogen and oxygen atoms in total. The van der Waals surface area contributed by atoms with Crippen LogP contribution < -0.4 is 16.2 Å². The smallest absolute Gasteiger partial charge is 0.150 e. The zero-order valence-electron chi connectivity index (χ0n) is 11.5. The first-order chi connectivity index (χ1) is 10.2. The number of hydrogen-bond acceptors (Lipinski definition) is 3. The van der Waals surface area contributed by atoms with Gasteiger partial charge in [-0.3, -0.25) is 0 Å². The Labute approximate surface area is 123 Å². The molecule has 3 aromatic carbocycles. The van der Waals surface area contributed by atoms with Crippen molar-refractivity contribution in [2.75, 3.05) is 11.5 Å². The van der Waals surface area contributed by atoms with Crippen LogP contribution in [0.2, 0.25) is 0 Å². The van der Waals surface area contributed by atoms with E-state index in [1.165, 1.54) is 0 Å². The van der Waals surface area contributed by atoms with Gasteiger partial charge in [-0.1, -0.05) is 42.5 Å². The molecule has 3 rings (SSSR count). The highest BCUT2D eigenvalue weighted by Crippen LogP contribution is 2.32. The van der Waals surface area contributed by atoms with E-state index in [0.29, 0.717) is 22.9 Å². The fraction of sp³-hybridized carbons (Fsp3) is 0. The highest BCUT2D eigenvalue weighted by molar-refractivity contribution is 5.71. The maximum absolute atomic E-state index is 6.09. The van der Waals surface area contributed by atoms with Crippen LogP contribution in [0, 0.1) is 0 Å². The zero-order valence-corrected chi connectivity index (χ0v) is 11.5. The topological polar surface area (TPSA) is 61.3 Å². The first kappa shape index (κ1) is 13.1. The van der Waals surface area contributed by atoms with Gasteiger partial charge in [-0.15, -0.1) is 0 Å². The summed E-state index contributed by atoms with van der Waals surface area (Å²) in [5.74, 6) is 1.30. The van der Waals surface area contributed by atoms with Gasteiger partial charge < -0.3 is 16.2 Å². The minimum Gasteiger partial charge on any atom is -0.455 e. The molecule has 0 amide bonds. The Kier molecular flexibility index (Phi) is 3.48. The Hall–Kier alpha value is -2.94. The van der Waals surface area contributed by atoms with Crippen LogP contribution in [0.25, 0.3) is 11.1 Å². The number of nitrogen functional groups attached to an aromatic ring is 2. The van der Waals surface area contributed by atoms with E-state index >= 15 is 0 Å². The van der Waals surface area contributed by atoms with E-state index in [2.05, 4.69) is 0 Å². The van der Waals surface area contributed by atoms with Crippen molar-refractivity contribution in [3.63, 3.8) is 0 Å². The number of nitrogens with two attached hydrogens (primary N) is 2. The molecule has 0 fully saturated rings. The monoisotopic (exact) mass is 276 g/mol. The molecule has 104 valence electrons. The van der Waals surface area contributed by atoms with Crippen molar-refractivity contribution in [1.82, 2.24) is 0 Å². The Morgan fingerprint density at radius 2 is 1.48 bits per heavy atom. The van der Waals surface area contributed by atoms with Gasteiger partial charge in [-0.05, 0) is 35.4 Å². The minimum atomic E-state index is 0.596. The summed E-state index contributed by atoms with van der Waals surface area (Å²) >= 11 is 0. The summed E-state index contributed by atoms with van der Waals surface area (Å²) in [7, 11) is 0. The highest BCUT2D eigenvalue weighted by atomic mass is 16.5. The van der Waals surface area contributed by atoms with Crippen LogP contribution in [0.4, 0.5) is 11.4 Å². The van der Waals surface area contributed by atoms with Gasteiger partial charge in [0.05, 0.1) is 5.69 Å². The Morgan fingerprint density at radius 3 is 2.19 bits per heavy atom. The van der Waals surface area contributed by atoms with E-state index in [1.54, 1.807) is 6.07 Å². The molecule has 0 saturated heterocycles. The second kappa shape index (κ2) is 5.59. The molecule has 0 aromatic heterocycles. The number of anilines is 2. The average molecular weight is 276 g/mol. The zero-order chi connectivity index (χ0) is 14.7. The molecule has 0 spiro atoms. The molecule has 0 heterocycles. The van der Waals surface area contributed by atoms with E-state index in [4.69, 9.17) is 16.2 Å². The van der Waals surface area contributed by atoms with E-state index in [0.717, 1.165) is 11.1 Å². The predicted molar refractivity (Wildman–Crippen MR) is 87.2 cm³/mol. The lowest BCUT2D eigenvalue weighted by Gasteiger charge is -2.10. The summed E-state index contributed by atoms with van der Waals surface area (Å²) in [4.78, 5) is 0. The SMILES string of the molecule is Nc1cccc(Oc2ccc(-c3ccccc3)cc2N)c1. The fourth-order valence-corrected chi connectivity index (χ4v) is 2.16. The third-order valence-electron chi connectivity index (χ3n) is 3.20. The highest BCUT2D eigenvalue weighted by Gasteiger charge is 2.05. The third kappa shape index (κ3) is 2.98. The molecule has 0 bridgehead atoms. The standard InChI is InChI=1S/C18H16N2O/c19-15-7-4-8-16(12-15)21-18-10-9-14(11-17(18)20)13-5-2-1-3-6-13/h1-12H,19-20H2. The summed E-state index contributed by atoms with van der Waals surface area (Å²) in [6.45, 7) is 0. The van der Waals surface area contributed by atoms with Crippen molar-refractivity contribution in [2.45, 2.75) is 0 Å². The largest absolute Gasteiger partial charge is 0.455 e. The van der Waals surface area contributed by atoms with Crippen LogP contribution >= 0.6 is 0 Å². The molecule has 0 unspecified atom stereocenters. The quantitative estimate of drug-likeness (QED) is 0.701. The summed E-state index contributed by atoms with van der Waals surface area (Å²) in [6, 6.07) is 23.2. The van der Waals surface area contributed by atoms with Crippen molar-refractivity contribution >= 4 is 11.4 Å². The number of benzene rings is 3. The lowest BCUT2D eigenvalue weighted by atomic mass is 10.1. The van der Waals surface area contributed by atoms with Gasteiger partial charge in [0, 0.05) is 11.8 Å². The van der Waals surface area contributed by atoms with Gasteiger partial charge in [0.25, 0.3) is 0 Å². The molecular weight excluding hydrogens is 260 g/mol. The van der Waals surface area contributed by atoms with Gasteiger partial charge in [0.15, 0.2) is 0 Å². The van der Waals surface area contributed by atoms with Crippen molar-refractivity contribution in [2.24, 2.45) is 0 Å². The summed E-state index contributed by atoms with van der Waals surface area (Å²) in [5.41, 5.74) is 15.3. The fourth-order valence-electron chi connectivity index (χ4n) is 2.16. The van der Waals surface area contributed by atoms with E-state index < -0.39 is 0 Å². The Morgan fingerprint density at radius 1 is 0.667 bits per heavy atom. The first-order valence-electron chi connectivity index (χ1n) is 6.71. The Balaban J connectivity index is 1.88. The maximum atomic E-state index is 6.09. The second-order valence-corrected chi connectivity index (χ2v) is 4.79. The van der Waals surface area contributed by atoms with Crippen LogP contribution in [0.3, 0.4) is 0 Å². The van der Waals surface area contributed by atoms with Crippen molar-refractivity contribution < 1.29 is 4.74 Å². The molecule has 0 aliphatic carbocycles. The minimum absolute atomic E-state index is 0.596. The molecule has 0 aliphatic heterocycles. The summed E-state index contributed by atoms with van der Waals surface area (Å²) in [6.07, 6.45) is 0. The van der Waals surface area contributed by atoms with Gasteiger partial charge in [0.2, 0.25) is 0 Å². The molecule has 3 aromatic rings. The lowest BCUT2D eigenvalue weighted by molar-refractivity contribution is 0.485. The molecule has 4 N–H and O–H groups in total. The molecule has 0 radical (unpaired) electrons. The molecule has 0 atom stereocenters. The van der Waals surface area contributed by atoms with E-state index in [-0.39, 0.29) is 0 Å². The predicted octanol–water partition coefficient (Wildman–Crippen LogP) is 4.31. The molecule has 21 heavy (non-hydrogen) atoms. The van der Waals surface area contributed by atoms with Gasteiger partial charge in [0.1, 0.15) is 11.5 Å². The first-order valence-corrected chi connectivity index (χ1v) is 6.71. The average Bonchev–Trinajstić information content (AvgIpc) is 2.50. The van der Waals surface area contributed by atoms with Crippen LogP contribution in [-0.2, 0) is 0 Å². The van der Waals surface area contributed by atoms with Gasteiger partial charge in [-0.25, -0.2) is 0 Å². The van der Waals surface area contributed by atoms with Crippen molar-refractivity contribution in [1.29, 1.82) is 0 Å². The second-order valence-electron chi connectivity index (χ2n) is 4.79. The van der Waals surface area contributed by atoms with Crippen LogP contribution in [0.5, 0.6) is 11.5 Å². The van der Waals surface area contributed by atoms with Crippen molar-refractivity contribution in [3.05, 3.63) is 72.8 Å². The third-order valence-corrected chi connectivity index (χ3v) is 3.20. The van der Waals surface area contributed by atoms with Crippen LogP contribution in [0.1, 0.15) is 0 Å². The molecule has 0 aliphatic rings. The number of rotatable bonds is 3. The summed E-state index contributed by atoms with van der Waals surface area (Å²) in [5, 5.41) is 0. The summed E-state index contributed by atoms with van der Waals surface area (Å²) < 4.78 is 5.78. The van der Waals surface area contributed by atoms with Crippen LogP contribution in [-0.4, -0.2) is 0 Å². The van der Waals surface area contributed by atoms with E-state index in [9.17, 15) is 0 Å². The molecule has 3 heteroatoms. The maximum Gasteiger partial charge on any atom is 0.150 e.